The molecule has 1 aliphatic heterocycles. The van der Waals surface area contributed by atoms with Gasteiger partial charge >= 0.3 is 6.09 Å². The highest BCUT2D eigenvalue weighted by atomic mass is 16.6. The van der Waals surface area contributed by atoms with Gasteiger partial charge < -0.3 is 14.4 Å². The average molecular weight is 187 g/mol. The molecule has 1 rings (SSSR count). The Morgan fingerprint density at radius 3 is 2.62 bits per heavy atom. The maximum atomic E-state index is 11.1. The molecule has 0 atom stereocenters. The van der Waals surface area contributed by atoms with Crippen molar-refractivity contribution in [3.63, 3.8) is 0 Å². The van der Waals surface area contributed by atoms with Crippen LogP contribution < -0.4 is 0 Å². The standard InChI is InChI=1S/C8H13NO4/c1-6(2)13-8(11)9-3-7(4-9)12-5-10/h5-7H,3-4H2,1-2H3. The monoisotopic (exact) mass is 187 g/mol. The Bertz CT molecular complexity index is 198. The van der Waals surface area contributed by atoms with Crippen molar-refractivity contribution in [2.45, 2.75) is 26.1 Å². The zero-order valence-corrected chi connectivity index (χ0v) is 7.73. The van der Waals surface area contributed by atoms with Crippen LogP contribution in [0.3, 0.4) is 0 Å². The fourth-order valence-electron chi connectivity index (χ4n) is 1.03. The van der Waals surface area contributed by atoms with Crippen LogP contribution in [0.2, 0.25) is 0 Å². The molecule has 0 radical (unpaired) electrons. The number of hydrogen-bond donors (Lipinski definition) is 0. The van der Waals surface area contributed by atoms with Gasteiger partial charge in [-0.25, -0.2) is 4.79 Å². The molecule has 0 saturated carbocycles. The van der Waals surface area contributed by atoms with Crippen molar-refractivity contribution in [1.29, 1.82) is 0 Å². The van der Waals surface area contributed by atoms with E-state index in [2.05, 4.69) is 4.74 Å². The third kappa shape index (κ3) is 2.61. The van der Waals surface area contributed by atoms with Gasteiger partial charge in [-0.2, -0.15) is 0 Å². The van der Waals surface area contributed by atoms with Crippen molar-refractivity contribution in [2.24, 2.45) is 0 Å². The van der Waals surface area contributed by atoms with Gasteiger partial charge in [-0.15, -0.1) is 0 Å². The van der Waals surface area contributed by atoms with Crippen LogP contribution in [0.15, 0.2) is 0 Å². The smallest absolute Gasteiger partial charge is 0.410 e. The third-order valence-electron chi connectivity index (χ3n) is 1.69. The van der Waals surface area contributed by atoms with Gasteiger partial charge in [-0.1, -0.05) is 0 Å². The highest BCUT2D eigenvalue weighted by Crippen LogP contribution is 2.12. The van der Waals surface area contributed by atoms with Crippen molar-refractivity contribution in [2.75, 3.05) is 13.1 Å². The molecule has 0 aromatic heterocycles. The second kappa shape index (κ2) is 4.11. The normalized spacial score (nSPS) is 16.7. The van der Waals surface area contributed by atoms with Crippen molar-refractivity contribution in [3.8, 4) is 0 Å². The van der Waals surface area contributed by atoms with E-state index in [4.69, 9.17) is 4.74 Å². The lowest BCUT2D eigenvalue weighted by Crippen LogP contribution is -2.55. The number of amides is 1. The molecule has 1 amide bonds. The summed E-state index contributed by atoms with van der Waals surface area (Å²) < 4.78 is 9.56. The van der Waals surface area contributed by atoms with E-state index in [0.717, 1.165) is 0 Å². The van der Waals surface area contributed by atoms with Crippen LogP contribution in [0.25, 0.3) is 0 Å². The fraction of sp³-hybridized carbons (Fsp3) is 0.750. The Labute approximate surface area is 76.6 Å². The number of ether oxygens (including phenoxy) is 2. The lowest BCUT2D eigenvalue weighted by molar-refractivity contribution is -0.140. The quantitative estimate of drug-likeness (QED) is 0.600. The fourth-order valence-corrected chi connectivity index (χ4v) is 1.03. The highest BCUT2D eigenvalue weighted by molar-refractivity contribution is 5.69. The molecule has 0 aromatic rings. The van der Waals surface area contributed by atoms with E-state index in [9.17, 15) is 9.59 Å². The van der Waals surface area contributed by atoms with Gasteiger partial charge in [0.25, 0.3) is 6.47 Å². The molecule has 0 unspecified atom stereocenters. The number of carbonyl (C=O) groups is 2. The van der Waals surface area contributed by atoms with Gasteiger partial charge in [0, 0.05) is 0 Å². The van der Waals surface area contributed by atoms with Crippen LogP contribution in [-0.2, 0) is 14.3 Å². The van der Waals surface area contributed by atoms with Crippen LogP contribution >= 0.6 is 0 Å². The average Bonchev–Trinajstić information content (AvgIpc) is 1.93. The second-order valence-electron chi connectivity index (χ2n) is 3.19. The molecule has 13 heavy (non-hydrogen) atoms. The van der Waals surface area contributed by atoms with Crippen LogP contribution in [0.4, 0.5) is 4.79 Å². The van der Waals surface area contributed by atoms with Crippen molar-refractivity contribution >= 4 is 12.6 Å². The SMILES string of the molecule is CC(C)OC(=O)N1CC(OC=O)C1. The summed E-state index contributed by atoms with van der Waals surface area (Å²) in [7, 11) is 0. The first-order valence-corrected chi connectivity index (χ1v) is 4.18. The second-order valence-corrected chi connectivity index (χ2v) is 3.19. The van der Waals surface area contributed by atoms with Crippen LogP contribution in [0.5, 0.6) is 0 Å². The van der Waals surface area contributed by atoms with Crippen LogP contribution in [-0.4, -0.2) is 42.8 Å². The molecule has 1 fully saturated rings. The number of nitrogens with zero attached hydrogens (tertiary/aromatic N) is 1. The number of carbonyl (C=O) groups excluding carboxylic acids is 2. The minimum absolute atomic E-state index is 0.112. The first kappa shape index (κ1) is 9.83. The molecule has 74 valence electrons. The zero-order chi connectivity index (χ0) is 9.84. The van der Waals surface area contributed by atoms with Gasteiger partial charge in [0.05, 0.1) is 19.2 Å². The molecular weight excluding hydrogens is 174 g/mol. The lowest BCUT2D eigenvalue weighted by atomic mass is 10.2. The van der Waals surface area contributed by atoms with E-state index in [1.807, 2.05) is 0 Å². The van der Waals surface area contributed by atoms with E-state index in [1.165, 1.54) is 4.90 Å². The third-order valence-corrected chi connectivity index (χ3v) is 1.69. The maximum Gasteiger partial charge on any atom is 0.410 e. The summed E-state index contributed by atoms with van der Waals surface area (Å²) in [6.07, 6.45) is -0.614. The van der Waals surface area contributed by atoms with Gasteiger partial charge in [-0.3, -0.25) is 4.79 Å². The molecule has 1 aliphatic rings. The van der Waals surface area contributed by atoms with Crippen LogP contribution in [0.1, 0.15) is 13.8 Å². The minimum Gasteiger partial charge on any atom is -0.461 e. The van der Waals surface area contributed by atoms with E-state index in [1.54, 1.807) is 13.8 Å². The van der Waals surface area contributed by atoms with E-state index >= 15 is 0 Å². The van der Waals surface area contributed by atoms with Crippen molar-refractivity contribution < 1.29 is 19.1 Å². The van der Waals surface area contributed by atoms with Crippen molar-refractivity contribution in [3.05, 3.63) is 0 Å². The van der Waals surface area contributed by atoms with Gasteiger partial charge in [-0.05, 0) is 13.8 Å². The molecule has 1 saturated heterocycles. The predicted molar refractivity (Wildman–Crippen MR) is 44.1 cm³/mol. The van der Waals surface area contributed by atoms with Gasteiger partial charge in [0.1, 0.15) is 6.10 Å². The molecule has 1 heterocycles. The summed E-state index contributed by atoms with van der Waals surface area (Å²) in [5.41, 5.74) is 0. The molecule has 0 aromatic carbocycles. The maximum absolute atomic E-state index is 11.1. The Morgan fingerprint density at radius 1 is 1.54 bits per heavy atom. The highest BCUT2D eigenvalue weighted by Gasteiger charge is 2.33. The van der Waals surface area contributed by atoms with Gasteiger partial charge in [0.15, 0.2) is 0 Å². The molecular formula is C8H13NO4. The first-order chi connectivity index (χ1) is 6.13. The molecule has 5 heteroatoms. The Hall–Kier alpha value is -1.26. The minimum atomic E-state index is -0.347. The summed E-state index contributed by atoms with van der Waals surface area (Å²) in [6, 6.07) is 0. The van der Waals surface area contributed by atoms with E-state index in [0.29, 0.717) is 19.6 Å². The summed E-state index contributed by atoms with van der Waals surface area (Å²) >= 11 is 0. The van der Waals surface area contributed by atoms with Crippen molar-refractivity contribution in [1.82, 2.24) is 4.90 Å². The molecule has 0 spiro atoms. The Morgan fingerprint density at radius 2 is 2.15 bits per heavy atom. The van der Waals surface area contributed by atoms with E-state index in [-0.39, 0.29) is 18.3 Å². The molecule has 0 bridgehead atoms. The van der Waals surface area contributed by atoms with Gasteiger partial charge in [0.2, 0.25) is 0 Å². The van der Waals surface area contributed by atoms with Crippen LogP contribution in [0, 0.1) is 0 Å². The largest absolute Gasteiger partial charge is 0.461 e. The zero-order valence-electron chi connectivity index (χ0n) is 7.73. The first-order valence-electron chi connectivity index (χ1n) is 4.18. The summed E-state index contributed by atoms with van der Waals surface area (Å²) in [6.45, 7) is 4.85. The Balaban J connectivity index is 2.19. The summed E-state index contributed by atoms with van der Waals surface area (Å²) in [5.74, 6) is 0. The number of rotatable bonds is 3. The number of likely N-dealkylation sites (tertiary alicyclic amines) is 1. The summed E-state index contributed by atoms with van der Waals surface area (Å²) in [4.78, 5) is 22.5. The topological polar surface area (TPSA) is 55.8 Å². The van der Waals surface area contributed by atoms with E-state index < -0.39 is 0 Å². The molecule has 0 N–H and O–H groups in total. The molecule has 5 nitrogen and oxygen atoms in total. The summed E-state index contributed by atoms with van der Waals surface area (Å²) in [5, 5.41) is 0. The number of hydrogen-bond acceptors (Lipinski definition) is 4. The predicted octanol–water partition coefficient (Wildman–Crippen LogP) is 0.389. The lowest BCUT2D eigenvalue weighted by Gasteiger charge is -2.36. The Kier molecular flexibility index (Phi) is 3.11. The molecule has 0 aliphatic carbocycles.